The molecule has 0 aliphatic rings. The largest absolute Gasteiger partial charge is 0.451 e. The summed E-state index contributed by atoms with van der Waals surface area (Å²) < 4.78 is 59.3. The number of carbonyl (C=O) groups is 1. The smallest absolute Gasteiger partial charge is 0.431 e. The molecule has 0 atom stereocenters. The van der Waals surface area contributed by atoms with E-state index in [4.69, 9.17) is 16.0 Å². The fraction of sp³-hybridized carbons (Fsp3) is 0.235. The van der Waals surface area contributed by atoms with Gasteiger partial charge in [-0.3, -0.25) is 14.2 Å². The molecule has 3 aromatic rings. The van der Waals surface area contributed by atoms with Crippen LogP contribution in [0.5, 0.6) is 0 Å². The first kappa shape index (κ1) is 19.9. The van der Waals surface area contributed by atoms with Gasteiger partial charge < -0.3 is 4.42 Å². The Morgan fingerprint density at radius 3 is 2.43 bits per heavy atom. The molecule has 0 spiro atoms. The Bertz CT molecular complexity index is 1240. The molecule has 28 heavy (non-hydrogen) atoms. The first-order valence-corrected chi connectivity index (χ1v) is 8.20. The second kappa shape index (κ2) is 6.62. The standard InChI is InChI=1S/C17H11ClF4N2O4/c1-3-10(25)11-4-7-8(18)5-9(19)14(15(7)28-11)24-13(26)6-12(17(20,21)22)23(2)16(24)27/h4-6H,3H2,1-2H3. The third-order valence-electron chi connectivity index (χ3n) is 4.11. The van der Waals surface area contributed by atoms with Crippen LogP contribution >= 0.6 is 11.6 Å². The SMILES string of the molecule is CCC(=O)c1cc2c(Cl)cc(F)c(-n3c(=O)cc(C(F)(F)F)n(C)c3=O)c2o1. The van der Waals surface area contributed by atoms with E-state index < -0.39 is 46.0 Å². The van der Waals surface area contributed by atoms with Gasteiger partial charge in [0.15, 0.2) is 22.9 Å². The van der Waals surface area contributed by atoms with Crippen LogP contribution in [0.1, 0.15) is 29.6 Å². The number of fused-ring (bicyclic) bond motifs is 1. The molecule has 0 saturated heterocycles. The van der Waals surface area contributed by atoms with E-state index in [1.54, 1.807) is 6.92 Å². The van der Waals surface area contributed by atoms with Crippen molar-refractivity contribution in [3.63, 3.8) is 0 Å². The average Bonchev–Trinajstić information content (AvgIpc) is 3.04. The van der Waals surface area contributed by atoms with Gasteiger partial charge in [-0.25, -0.2) is 13.8 Å². The number of furan rings is 1. The Kier molecular flexibility index (Phi) is 4.70. The highest BCUT2D eigenvalue weighted by atomic mass is 35.5. The predicted octanol–water partition coefficient (Wildman–Crippen LogP) is 3.69. The summed E-state index contributed by atoms with van der Waals surface area (Å²) in [6, 6.07) is 2.16. The fourth-order valence-electron chi connectivity index (χ4n) is 2.73. The molecular weight excluding hydrogens is 408 g/mol. The van der Waals surface area contributed by atoms with Gasteiger partial charge in [-0.05, 0) is 12.1 Å². The number of aromatic nitrogens is 2. The average molecular weight is 419 g/mol. The number of rotatable bonds is 3. The molecule has 0 amide bonds. The third-order valence-corrected chi connectivity index (χ3v) is 4.43. The Labute approximate surface area is 158 Å². The molecule has 2 aromatic heterocycles. The first-order chi connectivity index (χ1) is 13.0. The number of Topliss-reactive ketones (excluding diaryl/α,β-unsaturated/α-hetero) is 1. The Balaban J connectivity index is 2.44. The number of halogens is 5. The molecule has 0 N–H and O–H groups in total. The summed E-state index contributed by atoms with van der Waals surface area (Å²) in [6.45, 7) is 1.55. The van der Waals surface area contributed by atoms with Gasteiger partial charge in [-0.2, -0.15) is 13.2 Å². The van der Waals surface area contributed by atoms with Gasteiger partial charge in [0, 0.05) is 24.9 Å². The molecule has 0 bridgehead atoms. The summed E-state index contributed by atoms with van der Waals surface area (Å²) in [6.07, 6.45) is -4.91. The zero-order valence-corrected chi connectivity index (χ0v) is 15.1. The normalized spacial score (nSPS) is 12.0. The van der Waals surface area contributed by atoms with E-state index in [9.17, 15) is 31.9 Å². The second-order valence-corrected chi connectivity index (χ2v) is 6.27. The maximum absolute atomic E-state index is 14.6. The van der Waals surface area contributed by atoms with Crippen molar-refractivity contribution in [1.82, 2.24) is 9.13 Å². The van der Waals surface area contributed by atoms with E-state index in [-0.39, 0.29) is 37.8 Å². The van der Waals surface area contributed by atoms with Crippen molar-refractivity contribution in [3.05, 3.63) is 61.3 Å². The lowest BCUT2D eigenvalue weighted by Crippen LogP contribution is -2.41. The number of hydrogen-bond donors (Lipinski definition) is 0. The lowest BCUT2D eigenvalue weighted by Gasteiger charge is -2.14. The van der Waals surface area contributed by atoms with Crippen LogP contribution < -0.4 is 11.2 Å². The zero-order valence-electron chi connectivity index (χ0n) is 14.4. The Hall–Kier alpha value is -2.88. The molecule has 2 heterocycles. The van der Waals surface area contributed by atoms with Gasteiger partial charge in [0.1, 0.15) is 11.4 Å². The molecule has 11 heteroatoms. The monoisotopic (exact) mass is 418 g/mol. The first-order valence-electron chi connectivity index (χ1n) is 7.82. The minimum atomic E-state index is -4.97. The molecular formula is C17H11ClF4N2O4. The maximum Gasteiger partial charge on any atom is 0.431 e. The van der Waals surface area contributed by atoms with E-state index >= 15 is 0 Å². The van der Waals surface area contributed by atoms with E-state index in [0.717, 1.165) is 13.1 Å². The molecule has 6 nitrogen and oxygen atoms in total. The molecule has 3 rings (SSSR count). The van der Waals surface area contributed by atoms with Crippen molar-refractivity contribution >= 4 is 28.4 Å². The molecule has 0 radical (unpaired) electrons. The van der Waals surface area contributed by atoms with Gasteiger partial charge in [-0.1, -0.05) is 18.5 Å². The quantitative estimate of drug-likeness (QED) is 0.480. The van der Waals surface area contributed by atoms with Crippen LogP contribution in [0.4, 0.5) is 17.6 Å². The van der Waals surface area contributed by atoms with Crippen LogP contribution in [-0.2, 0) is 13.2 Å². The highest BCUT2D eigenvalue weighted by Crippen LogP contribution is 2.34. The zero-order chi connectivity index (χ0) is 21.0. The van der Waals surface area contributed by atoms with Crippen LogP contribution in [0.15, 0.2) is 32.2 Å². The van der Waals surface area contributed by atoms with E-state index in [0.29, 0.717) is 0 Å². The molecule has 0 aliphatic heterocycles. The minimum Gasteiger partial charge on any atom is -0.451 e. The lowest BCUT2D eigenvalue weighted by molar-refractivity contribution is -0.144. The van der Waals surface area contributed by atoms with Gasteiger partial charge in [0.05, 0.1) is 5.02 Å². The minimum absolute atomic E-state index is 0.0312. The van der Waals surface area contributed by atoms with Gasteiger partial charge >= 0.3 is 11.9 Å². The van der Waals surface area contributed by atoms with Crippen molar-refractivity contribution in [3.8, 4) is 5.69 Å². The van der Waals surface area contributed by atoms with Crippen LogP contribution in [-0.4, -0.2) is 14.9 Å². The number of nitrogens with zero attached hydrogens (tertiary/aromatic N) is 2. The Morgan fingerprint density at radius 2 is 1.86 bits per heavy atom. The van der Waals surface area contributed by atoms with Crippen LogP contribution in [0.2, 0.25) is 5.02 Å². The van der Waals surface area contributed by atoms with Crippen molar-refractivity contribution in [2.45, 2.75) is 19.5 Å². The predicted molar refractivity (Wildman–Crippen MR) is 91.6 cm³/mol. The summed E-state index contributed by atoms with van der Waals surface area (Å²) in [5.74, 6) is -1.82. The number of carbonyl (C=O) groups excluding carboxylic acids is 1. The molecule has 0 unspecified atom stereocenters. The van der Waals surface area contributed by atoms with Gasteiger partial charge in [0.2, 0.25) is 0 Å². The summed E-state index contributed by atoms with van der Waals surface area (Å²) in [7, 11) is 0.792. The number of ketones is 1. The van der Waals surface area contributed by atoms with Crippen LogP contribution in [0, 0.1) is 5.82 Å². The van der Waals surface area contributed by atoms with Gasteiger partial charge in [0.25, 0.3) is 5.56 Å². The second-order valence-electron chi connectivity index (χ2n) is 5.86. The number of hydrogen-bond acceptors (Lipinski definition) is 4. The summed E-state index contributed by atoms with van der Waals surface area (Å²) in [5, 5.41) is -0.129. The lowest BCUT2D eigenvalue weighted by atomic mass is 10.2. The molecule has 0 saturated carbocycles. The number of alkyl halides is 3. The van der Waals surface area contributed by atoms with Gasteiger partial charge in [-0.15, -0.1) is 0 Å². The fourth-order valence-corrected chi connectivity index (χ4v) is 2.97. The summed E-state index contributed by atoms with van der Waals surface area (Å²) in [4.78, 5) is 36.6. The van der Waals surface area contributed by atoms with Crippen LogP contribution in [0.3, 0.4) is 0 Å². The van der Waals surface area contributed by atoms with Crippen molar-refractivity contribution in [1.29, 1.82) is 0 Å². The molecule has 148 valence electrons. The molecule has 0 fully saturated rings. The van der Waals surface area contributed by atoms with Crippen molar-refractivity contribution in [2.75, 3.05) is 0 Å². The highest BCUT2D eigenvalue weighted by Gasteiger charge is 2.35. The maximum atomic E-state index is 14.6. The summed E-state index contributed by atoms with van der Waals surface area (Å²) >= 11 is 5.95. The summed E-state index contributed by atoms with van der Waals surface area (Å²) in [5.41, 5.74) is -5.49. The third kappa shape index (κ3) is 3.03. The van der Waals surface area contributed by atoms with E-state index in [2.05, 4.69) is 0 Å². The Morgan fingerprint density at radius 1 is 1.21 bits per heavy atom. The molecule has 1 aromatic carbocycles. The van der Waals surface area contributed by atoms with Crippen molar-refractivity contribution < 1.29 is 26.8 Å². The highest BCUT2D eigenvalue weighted by molar-refractivity contribution is 6.35. The van der Waals surface area contributed by atoms with E-state index in [1.807, 2.05) is 0 Å². The molecule has 0 aliphatic carbocycles. The van der Waals surface area contributed by atoms with Crippen LogP contribution in [0.25, 0.3) is 16.7 Å². The van der Waals surface area contributed by atoms with Crippen molar-refractivity contribution in [2.24, 2.45) is 7.05 Å². The van der Waals surface area contributed by atoms with E-state index in [1.165, 1.54) is 6.07 Å². The topological polar surface area (TPSA) is 74.2 Å². The number of benzene rings is 1.